The van der Waals surface area contributed by atoms with Crippen LogP contribution in [-0.2, 0) is 4.79 Å². The van der Waals surface area contributed by atoms with E-state index in [1.54, 1.807) is 0 Å². The molecule has 0 aliphatic carbocycles. The van der Waals surface area contributed by atoms with E-state index in [-0.39, 0.29) is 5.92 Å². The number of hydrogen-bond donors (Lipinski definition) is 1. The third-order valence-corrected chi connectivity index (χ3v) is 3.23. The van der Waals surface area contributed by atoms with Gasteiger partial charge in [-0.25, -0.2) is 0 Å². The molecule has 0 bridgehead atoms. The normalized spacial score (nSPS) is 18.7. The number of Topliss-reactive ketones (excluding diaryl/α,β-unsaturated/α-hetero) is 1. The molecule has 0 saturated carbocycles. The Bertz CT molecular complexity index is 198. The van der Waals surface area contributed by atoms with E-state index in [2.05, 4.69) is 17.1 Å². The standard InChI is InChI=1S/C12H24N2O/c1-4-14(9-12(15)10(2)3)11-5-7-13-8-6-11/h10-11,13H,4-9H2,1-3H3. The monoisotopic (exact) mass is 212 g/mol. The smallest absolute Gasteiger partial charge is 0.149 e. The number of likely N-dealkylation sites (N-methyl/N-ethyl adjacent to an activating group) is 1. The van der Waals surface area contributed by atoms with Crippen LogP contribution in [0.2, 0.25) is 0 Å². The van der Waals surface area contributed by atoms with Crippen LogP contribution in [0.25, 0.3) is 0 Å². The van der Waals surface area contributed by atoms with Crippen molar-refractivity contribution < 1.29 is 4.79 Å². The lowest BCUT2D eigenvalue weighted by Gasteiger charge is -2.33. The Kier molecular flexibility index (Phi) is 5.26. The van der Waals surface area contributed by atoms with Crippen LogP contribution in [0.15, 0.2) is 0 Å². The molecule has 0 spiro atoms. The first-order valence-electron chi connectivity index (χ1n) is 6.12. The van der Waals surface area contributed by atoms with Crippen molar-refractivity contribution in [3.05, 3.63) is 0 Å². The van der Waals surface area contributed by atoms with Crippen molar-refractivity contribution in [1.82, 2.24) is 10.2 Å². The average Bonchev–Trinajstić information content (AvgIpc) is 2.26. The molecule has 3 nitrogen and oxygen atoms in total. The zero-order valence-electron chi connectivity index (χ0n) is 10.3. The largest absolute Gasteiger partial charge is 0.317 e. The van der Waals surface area contributed by atoms with Gasteiger partial charge < -0.3 is 5.32 Å². The molecule has 1 heterocycles. The molecule has 0 amide bonds. The van der Waals surface area contributed by atoms with E-state index in [4.69, 9.17) is 0 Å². The fraction of sp³-hybridized carbons (Fsp3) is 0.917. The Morgan fingerprint density at radius 2 is 2.00 bits per heavy atom. The van der Waals surface area contributed by atoms with Crippen LogP contribution in [-0.4, -0.2) is 42.9 Å². The second-order valence-corrected chi connectivity index (χ2v) is 4.67. The second kappa shape index (κ2) is 6.23. The van der Waals surface area contributed by atoms with Crippen LogP contribution in [0.3, 0.4) is 0 Å². The van der Waals surface area contributed by atoms with Gasteiger partial charge in [0.25, 0.3) is 0 Å². The summed E-state index contributed by atoms with van der Waals surface area (Å²) in [7, 11) is 0. The van der Waals surface area contributed by atoms with Gasteiger partial charge in [-0.15, -0.1) is 0 Å². The third-order valence-electron chi connectivity index (χ3n) is 3.23. The van der Waals surface area contributed by atoms with Crippen molar-refractivity contribution in [2.24, 2.45) is 5.92 Å². The van der Waals surface area contributed by atoms with Crippen molar-refractivity contribution in [1.29, 1.82) is 0 Å². The molecule has 0 aromatic rings. The van der Waals surface area contributed by atoms with Gasteiger partial charge in [-0.05, 0) is 32.5 Å². The van der Waals surface area contributed by atoms with Crippen LogP contribution < -0.4 is 5.32 Å². The van der Waals surface area contributed by atoms with Crippen LogP contribution in [0.1, 0.15) is 33.6 Å². The summed E-state index contributed by atoms with van der Waals surface area (Å²) in [5, 5.41) is 3.36. The van der Waals surface area contributed by atoms with Crippen LogP contribution in [0.4, 0.5) is 0 Å². The number of rotatable bonds is 5. The van der Waals surface area contributed by atoms with Gasteiger partial charge in [0.2, 0.25) is 0 Å². The Morgan fingerprint density at radius 3 is 2.47 bits per heavy atom. The number of carbonyl (C=O) groups excluding carboxylic acids is 1. The van der Waals surface area contributed by atoms with Crippen LogP contribution in [0.5, 0.6) is 0 Å². The van der Waals surface area contributed by atoms with Crippen molar-refractivity contribution in [3.8, 4) is 0 Å². The molecular weight excluding hydrogens is 188 g/mol. The molecule has 3 heteroatoms. The molecular formula is C12H24N2O. The topological polar surface area (TPSA) is 32.3 Å². The Balaban J connectivity index is 2.43. The molecule has 0 unspecified atom stereocenters. The summed E-state index contributed by atoms with van der Waals surface area (Å²) < 4.78 is 0. The minimum Gasteiger partial charge on any atom is -0.317 e. The highest BCUT2D eigenvalue weighted by atomic mass is 16.1. The fourth-order valence-electron chi connectivity index (χ4n) is 2.05. The van der Waals surface area contributed by atoms with Crippen molar-refractivity contribution in [2.75, 3.05) is 26.2 Å². The Morgan fingerprint density at radius 1 is 1.40 bits per heavy atom. The highest BCUT2D eigenvalue weighted by Crippen LogP contribution is 2.12. The summed E-state index contributed by atoms with van der Waals surface area (Å²) in [6, 6.07) is 0.610. The summed E-state index contributed by atoms with van der Waals surface area (Å²) in [6.45, 7) is 9.93. The SMILES string of the molecule is CCN(CC(=O)C(C)C)C1CCNCC1. The highest BCUT2D eigenvalue weighted by molar-refractivity contribution is 5.82. The molecule has 0 atom stereocenters. The van der Waals surface area contributed by atoms with Gasteiger partial charge in [-0.3, -0.25) is 9.69 Å². The van der Waals surface area contributed by atoms with Crippen molar-refractivity contribution >= 4 is 5.78 Å². The minimum atomic E-state index is 0.167. The lowest BCUT2D eigenvalue weighted by Crippen LogP contribution is -2.45. The quantitative estimate of drug-likeness (QED) is 0.745. The summed E-state index contributed by atoms with van der Waals surface area (Å²) >= 11 is 0. The predicted molar refractivity (Wildman–Crippen MR) is 63.0 cm³/mol. The van der Waals surface area contributed by atoms with Gasteiger partial charge in [0, 0.05) is 12.0 Å². The first-order chi connectivity index (χ1) is 7.15. The lowest BCUT2D eigenvalue weighted by atomic mass is 10.0. The van der Waals surface area contributed by atoms with Gasteiger partial charge in [0.05, 0.1) is 6.54 Å². The van der Waals surface area contributed by atoms with Gasteiger partial charge >= 0.3 is 0 Å². The molecule has 1 aliphatic heterocycles. The van der Waals surface area contributed by atoms with Gasteiger partial charge in [-0.1, -0.05) is 20.8 Å². The molecule has 1 aliphatic rings. The number of hydrogen-bond acceptors (Lipinski definition) is 3. The first kappa shape index (κ1) is 12.7. The molecule has 0 aromatic heterocycles. The molecule has 1 N–H and O–H groups in total. The summed E-state index contributed by atoms with van der Waals surface area (Å²) in [6.07, 6.45) is 2.36. The number of nitrogens with zero attached hydrogens (tertiary/aromatic N) is 1. The zero-order chi connectivity index (χ0) is 11.3. The maximum Gasteiger partial charge on any atom is 0.149 e. The number of piperidine rings is 1. The number of nitrogens with one attached hydrogen (secondary N) is 1. The molecule has 1 fully saturated rings. The molecule has 15 heavy (non-hydrogen) atoms. The average molecular weight is 212 g/mol. The van der Waals surface area contributed by atoms with Gasteiger partial charge in [0.15, 0.2) is 0 Å². The highest BCUT2D eigenvalue weighted by Gasteiger charge is 2.22. The lowest BCUT2D eigenvalue weighted by molar-refractivity contribution is -0.123. The maximum atomic E-state index is 11.7. The molecule has 1 saturated heterocycles. The molecule has 88 valence electrons. The van der Waals surface area contributed by atoms with Crippen LogP contribution >= 0.6 is 0 Å². The fourth-order valence-corrected chi connectivity index (χ4v) is 2.05. The second-order valence-electron chi connectivity index (χ2n) is 4.67. The van der Waals surface area contributed by atoms with Gasteiger partial charge in [0.1, 0.15) is 5.78 Å². The summed E-state index contributed by atoms with van der Waals surface area (Å²) in [5.41, 5.74) is 0. The predicted octanol–water partition coefficient (Wildman–Crippen LogP) is 1.29. The van der Waals surface area contributed by atoms with E-state index in [1.165, 1.54) is 12.8 Å². The van der Waals surface area contributed by atoms with E-state index in [9.17, 15) is 4.79 Å². The molecule has 1 rings (SSSR count). The van der Waals surface area contributed by atoms with E-state index < -0.39 is 0 Å². The van der Waals surface area contributed by atoms with Crippen molar-refractivity contribution in [2.45, 2.75) is 39.7 Å². The van der Waals surface area contributed by atoms with Crippen LogP contribution in [0, 0.1) is 5.92 Å². The van der Waals surface area contributed by atoms with E-state index >= 15 is 0 Å². The zero-order valence-corrected chi connectivity index (χ0v) is 10.3. The molecule has 0 aromatic carbocycles. The summed E-state index contributed by atoms with van der Waals surface area (Å²) in [5.74, 6) is 0.538. The Hall–Kier alpha value is -0.410. The third kappa shape index (κ3) is 3.92. The maximum absolute atomic E-state index is 11.7. The minimum absolute atomic E-state index is 0.167. The Labute approximate surface area is 93.2 Å². The number of ketones is 1. The van der Waals surface area contributed by atoms with E-state index in [0.717, 1.165) is 19.6 Å². The van der Waals surface area contributed by atoms with Gasteiger partial charge in [-0.2, -0.15) is 0 Å². The van der Waals surface area contributed by atoms with Crippen molar-refractivity contribution in [3.63, 3.8) is 0 Å². The summed E-state index contributed by atoms with van der Waals surface area (Å²) in [4.78, 5) is 14.0. The first-order valence-corrected chi connectivity index (χ1v) is 6.12. The molecule has 0 radical (unpaired) electrons. The number of carbonyl (C=O) groups is 1. The van der Waals surface area contributed by atoms with E-state index in [0.29, 0.717) is 18.4 Å². The van der Waals surface area contributed by atoms with E-state index in [1.807, 2.05) is 13.8 Å².